The molecule has 110 valence electrons. The minimum absolute atomic E-state index is 0.0337. The Morgan fingerprint density at radius 3 is 2.05 bits per heavy atom. The Labute approximate surface area is 113 Å². The Morgan fingerprint density at radius 2 is 1.63 bits per heavy atom. The van der Waals surface area contributed by atoms with Crippen LogP contribution in [0.25, 0.3) is 0 Å². The number of hydrogen-bond donors (Lipinski definition) is 2. The zero-order valence-corrected chi connectivity index (χ0v) is 11.8. The van der Waals surface area contributed by atoms with Gasteiger partial charge in [-0.15, -0.1) is 0 Å². The molecular formula is C13H22FNO3S. The van der Waals surface area contributed by atoms with E-state index in [-0.39, 0.29) is 12.1 Å². The van der Waals surface area contributed by atoms with Gasteiger partial charge in [0.05, 0.1) is 0 Å². The molecule has 6 heteroatoms. The van der Waals surface area contributed by atoms with E-state index in [0.717, 1.165) is 37.0 Å². The van der Waals surface area contributed by atoms with Gasteiger partial charge in [0, 0.05) is 12.1 Å². The number of nitrogens with one attached hydrogen (secondary N) is 1. The van der Waals surface area contributed by atoms with E-state index < -0.39 is 22.0 Å². The first-order valence-corrected chi connectivity index (χ1v) is 8.79. The smallest absolute Gasteiger partial charge is 0.267 e. The molecule has 0 radical (unpaired) electrons. The van der Waals surface area contributed by atoms with E-state index in [9.17, 15) is 12.8 Å². The van der Waals surface area contributed by atoms with Crippen molar-refractivity contribution in [3.05, 3.63) is 0 Å². The molecule has 0 heterocycles. The number of hydrogen-bond acceptors (Lipinski definition) is 3. The quantitative estimate of drug-likeness (QED) is 0.758. The molecule has 4 aliphatic rings. The van der Waals surface area contributed by atoms with E-state index >= 15 is 0 Å². The van der Waals surface area contributed by atoms with Gasteiger partial charge in [-0.3, -0.25) is 4.55 Å². The average molecular weight is 291 g/mol. The second-order valence-corrected chi connectivity index (χ2v) is 8.42. The molecule has 0 aromatic heterocycles. The van der Waals surface area contributed by atoms with Gasteiger partial charge >= 0.3 is 0 Å². The molecule has 4 nitrogen and oxygen atoms in total. The Kier molecular flexibility index (Phi) is 3.38. The summed E-state index contributed by atoms with van der Waals surface area (Å²) >= 11 is 0. The van der Waals surface area contributed by atoms with Gasteiger partial charge in [0.1, 0.15) is 11.9 Å². The molecular weight excluding hydrogens is 269 g/mol. The van der Waals surface area contributed by atoms with E-state index in [1.165, 1.54) is 19.3 Å². The molecule has 1 unspecified atom stereocenters. The first kappa shape index (κ1) is 13.8. The molecule has 1 atom stereocenters. The van der Waals surface area contributed by atoms with E-state index in [0.29, 0.717) is 0 Å². The van der Waals surface area contributed by atoms with Crippen LogP contribution >= 0.6 is 0 Å². The van der Waals surface area contributed by atoms with Crippen LogP contribution in [0.3, 0.4) is 0 Å². The van der Waals surface area contributed by atoms with Crippen LogP contribution in [0.2, 0.25) is 0 Å². The highest BCUT2D eigenvalue weighted by molar-refractivity contribution is 7.85. The zero-order chi connectivity index (χ0) is 13.7. The van der Waals surface area contributed by atoms with Crippen molar-refractivity contribution in [2.45, 2.75) is 50.2 Å². The van der Waals surface area contributed by atoms with E-state index in [4.69, 9.17) is 4.55 Å². The third-order valence-corrected chi connectivity index (χ3v) is 5.91. The fraction of sp³-hybridized carbons (Fsp3) is 1.00. The lowest BCUT2D eigenvalue weighted by Crippen LogP contribution is -2.59. The Morgan fingerprint density at radius 1 is 1.16 bits per heavy atom. The van der Waals surface area contributed by atoms with E-state index in [1.54, 1.807) is 0 Å². The Bertz CT molecular complexity index is 416. The SMILES string of the molecule is O=S(=O)(O)CC(F)CNC12CC3CC(CC(C3)C1)C2. The molecule has 2 N–H and O–H groups in total. The molecule has 4 fully saturated rings. The minimum atomic E-state index is -4.22. The van der Waals surface area contributed by atoms with Gasteiger partial charge in [0.15, 0.2) is 0 Å². The van der Waals surface area contributed by atoms with Crippen LogP contribution in [-0.2, 0) is 10.1 Å². The summed E-state index contributed by atoms with van der Waals surface area (Å²) in [5.74, 6) is 1.53. The maximum atomic E-state index is 13.6. The lowest BCUT2D eigenvalue weighted by atomic mass is 9.53. The van der Waals surface area contributed by atoms with Crippen LogP contribution in [0, 0.1) is 17.8 Å². The van der Waals surface area contributed by atoms with Crippen molar-refractivity contribution < 1.29 is 17.4 Å². The lowest BCUT2D eigenvalue weighted by Gasteiger charge is -2.57. The normalized spacial score (nSPS) is 42.5. The van der Waals surface area contributed by atoms with Crippen molar-refractivity contribution in [2.24, 2.45) is 17.8 Å². The molecule has 4 rings (SSSR count). The van der Waals surface area contributed by atoms with Gasteiger partial charge in [-0.2, -0.15) is 8.42 Å². The zero-order valence-electron chi connectivity index (χ0n) is 11.0. The van der Waals surface area contributed by atoms with Crippen molar-refractivity contribution in [3.63, 3.8) is 0 Å². The monoisotopic (exact) mass is 291 g/mol. The predicted molar refractivity (Wildman–Crippen MR) is 70.2 cm³/mol. The summed E-state index contributed by atoms with van der Waals surface area (Å²) in [6, 6.07) is 0. The Balaban J connectivity index is 1.58. The number of halogens is 1. The van der Waals surface area contributed by atoms with Crippen molar-refractivity contribution >= 4 is 10.1 Å². The first-order chi connectivity index (χ1) is 8.84. The van der Waals surface area contributed by atoms with E-state index in [1.807, 2.05) is 0 Å². The fourth-order valence-electron chi connectivity index (χ4n) is 4.94. The fourth-order valence-corrected chi connectivity index (χ4v) is 5.52. The summed E-state index contributed by atoms with van der Waals surface area (Å²) in [6.45, 7) is 0.0337. The predicted octanol–water partition coefficient (Wildman–Crippen LogP) is 1.77. The van der Waals surface area contributed by atoms with Gasteiger partial charge < -0.3 is 5.32 Å². The van der Waals surface area contributed by atoms with Crippen LogP contribution in [0.1, 0.15) is 38.5 Å². The standard InChI is InChI=1S/C13H22FNO3S/c14-12(8-19(16,17)18)7-15-13-4-9-1-10(5-13)3-11(2-9)6-13/h9-12,15H,1-8H2,(H,16,17,18). The maximum Gasteiger partial charge on any atom is 0.267 e. The second-order valence-electron chi connectivity index (χ2n) is 6.92. The highest BCUT2D eigenvalue weighted by atomic mass is 32.2. The van der Waals surface area contributed by atoms with Crippen LogP contribution < -0.4 is 5.32 Å². The van der Waals surface area contributed by atoms with Gasteiger partial charge in [0.25, 0.3) is 10.1 Å². The third-order valence-electron chi connectivity index (χ3n) is 5.13. The lowest BCUT2D eigenvalue weighted by molar-refractivity contribution is -0.0216. The average Bonchev–Trinajstić information content (AvgIpc) is 2.22. The minimum Gasteiger partial charge on any atom is -0.308 e. The summed E-state index contributed by atoms with van der Waals surface area (Å²) in [6.07, 6.45) is 5.77. The molecule has 0 aromatic rings. The number of rotatable bonds is 5. The molecule has 0 aromatic carbocycles. The third kappa shape index (κ3) is 3.11. The molecule has 0 spiro atoms. The van der Waals surface area contributed by atoms with Crippen molar-refractivity contribution in [3.8, 4) is 0 Å². The molecule has 4 bridgehead atoms. The summed E-state index contributed by atoms with van der Waals surface area (Å²) in [4.78, 5) is 0. The van der Waals surface area contributed by atoms with Crippen LogP contribution in [0.15, 0.2) is 0 Å². The second kappa shape index (κ2) is 4.67. The van der Waals surface area contributed by atoms with Gasteiger partial charge in [0.2, 0.25) is 0 Å². The molecule has 19 heavy (non-hydrogen) atoms. The first-order valence-electron chi connectivity index (χ1n) is 7.18. The van der Waals surface area contributed by atoms with Crippen molar-refractivity contribution in [1.82, 2.24) is 5.32 Å². The van der Waals surface area contributed by atoms with Gasteiger partial charge in [-0.25, -0.2) is 4.39 Å². The molecule has 0 aliphatic heterocycles. The summed E-state index contributed by atoms with van der Waals surface area (Å²) in [5.41, 5.74) is 0.0400. The largest absolute Gasteiger partial charge is 0.308 e. The summed E-state index contributed by atoms with van der Waals surface area (Å²) in [7, 11) is -4.22. The molecule has 0 amide bonds. The summed E-state index contributed by atoms with van der Waals surface area (Å²) in [5, 5.41) is 3.30. The number of alkyl halides is 1. The van der Waals surface area contributed by atoms with Crippen LogP contribution in [0.4, 0.5) is 4.39 Å². The molecule has 0 saturated heterocycles. The topological polar surface area (TPSA) is 66.4 Å². The molecule has 4 saturated carbocycles. The van der Waals surface area contributed by atoms with Crippen LogP contribution in [-0.4, -0.2) is 37.0 Å². The van der Waals surface area contributed by atoms with Crippen LogP contribution in [0.5, 0.6) is 0 Å². The molecule has 4 aliphatic carbocycles. The van der Waals surface area contributed by atoms with Gasteiger partial charge in [-0.05, 0) is 56.3 Å². The Hall–Kier alpha value is -0.200. The maximum absolute atomic E-state index is 13.6. The van der Waals surface area contributed by atoms with Crippen molar-refractivity contribution in [2.75, 3.05) is 12.3 Å². The van der Waals surface area contributed by atoms with Gasteiger partial charge in [-0.1, -0.05) is 0 Å². The highest BCUT2D eigenvalue weighted by Gasteiger charge is 2.50. The van der Waals surface area contributed by atoms with E-state index in [2.05, 4.69) is 5.32 Å². The van der Waals surface area contributed by atoms with Crippen molar-refractivity contribution in [1.29, 1.82) is 0 Å². The highest BCUT2D eigenvalue weighted by Crippen LogP contribution is 2.55. The summed E-state index contributed by atoms with van der Waals surface area (Å²) < 4.78 is 43.5.